The number of hydrogen-bond acceptors (Lipinski definition) is 3. The molecule has 2 amide bonds. The van der Waals surface area contributed by atoms with E-state index in [4.69, 9.17) is 0 Å². The molecule has 3 rings (SSSR count). The number of nitrogens with one attached hydrogen (secondary N) is 1. The Morgan fingerprint density at radius 3 is 2.22 bits per heavy atom. The maximum absolute atomic E-state index is 12.5. The highest BCUT2D eigenvalue weighted by Gasteiger charge is 2.29. The fourth-order valence-electron chi connectivity index (χ4n) is 3.18. The van der Waals surface area contributed by atoms with E-state index < -0.39 is 0 Å². The minimum Gasteiger partial charge on any atom is -0.338 e. The highest BCUT2D eigenvalue weighted by Crippen LogP contribution is 2.13. The van der Waals surface area contributed by atoms with Crippen LogP contribution in [0.1, 0.15) is 29.6 Å². The summed E-state index contributed by atoms with van der Waals surface area (Å²) in [6.07, 6.45) is 3.21. The summed E-state index contributed by atoms with van der Waals surface area (Å²) in [5.41, 5.74) is 0.719. The van der Waals surface area contributed by atoms with Gasteiger partial charge in [-0.25, -0.2) is 0 Å². The van der Waals surface area contributed by atoms with Crippen molar-refractivity contribution in [3.05, 3.63) is 35.9 Å². The number of carbonyl (C=O) groups is 2. The average molecular weight is 338 g/mol. The second-order valence-corrected chi connectivity index (χ2v) is 5.99. The summed E-state index contributed by atoms with van der Waals surface area (Å²) in [7, 11) is 0. The molecular weight excluding hydrogens is 314 g/mol. The minimum absolute atomic E-state index is 0. The van der Waals surface area contributed by atoms with Crippen LogP contribution in [-0.2, 0) is 4.79 Å². The third-order valence-corrected chi connectivity index (χ3v) is 4.51. The van der Waals surface area contributed by atoms with Gasteiger partial charge in [-0.3, -0.25) is 9.59 Å². The molecule has 0 saturated carbocycles. The van der Waals surface area contributed by atoms with Gasteiger partial charge in [0.2, 0.25) is 5.91 Å². The van der Waals surface area contributed by atoms with Gasteiger partial charge in [-0.05, 0) is 31.5 Å². The van der Waals surface area contributed by atoms with Crippen molar-refractivity contribution in [1.29, 1.82) is 0 Å². The monoisotopic (exact) mass is 337 g/mol. The predicted molar refractivity (Wildman–Crippen MR) is 91.8 cm³/mol. The van der Waals surface area contributed by atoms with Crippen molar-refractivity contribution in [1.82, 2.24) is 15.1 Å². The SMILES string of the molecule is Cl.O=C(c1ccccc1)N1CCN(C(=O)C2CCCCN2)CC1. The number of amides is 2. The van der Waals surface area contributed by atoms with Crippen molar-refractivity contribution in [3.63, 3.8) is 0 Å². The van der Waals surface area contributed by atoms with Crippen LogP contribution >= 0.6 is 12.4 Å². The first-order valence-electron chi connectivity index (χ1n) is 8.12. The van der Waals surface area contributed by atoms with Gasteiger partial charge in [-0.2, -0.15) is 0 Å². The van der Waals surface area contributed by atoms with Gasteiger partial charge >= 0.3 is 0 Å². The number of carbonyl (C=O) groups excluding carboxylic acids is 2. The van der Waals surface area contributed by atoms with E-state index >= 15 is 0 Å². The molecule has 1 unspecified atom stereocenters. The molecule has 2 aliphatic rings. The highest BCUT2D eigenvalue weighted by atomic mass is 35.5. The van der Waals surface area contributed by atoms with Crippen molar-refractivity contribution in [2.75, 3.05) is 32.7 Å². The Bertz CT molecular complexity index is 524. The predicted octanol–water partition coefficient (Wildman–Crippen LogP) is 1.53. The molecule has 5 nitrogen and oxygen atoms in total. The van der Waals surface area contributed by atoms with Crippen LogP contribution in [0.15, 0.2) is 30.3 Å². The first kappa shape index (κ1) is 17.8. The molecule has 2 aliphatic heterocycles. The zero-order chi connectivity index (χ0) is 15.4. The Hall–Kier alpha value is -1.59. The van der Waals surface area contributed by atoms with Crippen LogP contribution in [0, 0.1) is 0 Å². The molecule has 1 atom stereocenters. The lowest BCUT2D eigenvalue weighted by Crippen LogP contribution is -2.55. The molecule has 1 N–H and O–H groups in total. The van der Waals surface area contributed by atoms with E-state index in [0.29, 0.717) is 26.2 Å². The molecule has 0 aliphatic carbocycles. The summed E-state index contributed by atoms with van der Waals surface area (Å²) in [4.78, 5) is 28.6. The quantitative estimate of drug-likeness (QED) is 0.890. The lowest BCUT2D eigenvalue weighted by Gasteiger charge is -2.37. The molecule has 23 heavy (non-hydrogen) atoms. The highest BCUT2D eigenvalue weighted by molar-refractivity contribution is 5.94. The lowest BCUT2D eigenvalue weighted by atomic mass is 10.0. The average Bonchev–Trinajstić information content (AvgIpc) is 2.62. The second kappa shape index (κ2) is 8.31. The molecular formula is C17H24ClN3O2. The smallest absolute Gasteiger partial charge is 0.253 e. The molecule has 0 radical (unpaired) electrons. The van der Waals surface area contributed by atoms with Gasteiger partial charge in [0.05, 0.1) is 6.04 Å². The van der Waals surface area contributed by atoms with Gasteiger partial charge in [-0.1, -0.05) is 24.6 Å². The summed E-state index contributed by atoms with van der Waals surface area (Å²) >= 11 is 0. The van der Waals surface area contributed by atoms with E-state index in [9.17, 15) is 9.59 Å². The van der Waals surface area contributed by atoms with E-state index in [2.05, 4.69) is 5.32 Å². The first-order chi connectivity index (χ1) is 10.8. The number of piperidine rings is 1. The zero-order valence-corrected chi connectivity index (χ0v) is 14.1. The van der Waals surface area contributed by atoms with Crippen LogP contribution in [-0.4, -0.2) is 60.4 Å². The maximum Gasteiger partial charge on any atom is 0.253 e. The summed E-state index contributed by atoms with van der Waals surface area (Å²) in [5.74, 6) is 0.259. The normalized spacial score (nSPS) is 21.5. The Labute approximate surface area is 143 Å². The molecule has 0 bridgehead atoms. The second-order valence-electron chi connectivity index (χ2n) is 5.99. The fourth-order valence-corrected chi connectivity index (χ4v) is 3.18. The van der Waals surface area contributed by atoms with Gasteiger partial charge in [0.1, 0.15) is 0 Å². The standard InChI is InChI=1S/C17H23N3O2.ClH/c21-16(14-6-2-1-3-7-14)19-10-12-20(13-11-19)17(22)15-8-4-5-9-18-15;/h1-3,6-7,15,18H,4-5,8-13H2;1H. The fraction of sp³-hybridized carbons (Fsp3) is 0.529. The number of hydrogen-bond donors (Lipinski definition) is 1. The number of piperazine rings is 1. The molecule has 2 heterocycles. The van der Waals surface area contributed by atoms with Gasteiger partial charge in [0, 0.05) is 31.7 Å². The van der Waals surface area contributed by atoms with E-state index in [-0.39, 0.29) is 30.3 Å². The number of rotatable bonds is 2. The molecule has 0 spiro atoms. The van der Waals surface area contributed by atoms with Crippen molar-refractivity contribution in [3.8, 4) is 0 Å². The summed E-state index contributed by atoms with van der Waals surface area (Å²) in [6.45, 7) is 3.44. The van der Waals surface area contributed by atoms with E-state index in [1.54, 1.807) is 0 Å². The van der Waals surface area contributed by atoms with Crippen LogP contribution in [0.4, 0.5) is 0 Å². The van der Waals surface area contributed by atoms with Crippen molar-refractivity contribution in [2.24, 2.45) is 0 Å². The minimum atomic E-state index is -0.0230. The Balaban J connectivity index is 0.00000192. The number of benzene rings is 1. The van der Waals surface area contributed by atoms with E-state index in [1.165, 1.54) is 0 Å². The van der Waals surface area contributed by atoms with Gasteiger partial charge in [-0.15, -0.1) is 12.4 Å². The Kier molecular flexibility index (Phi) is 6.42. The molecule has 1 aromatic rings. The van der Waals surface area contributed by atoms with Gasteiger partial charge < -0.3 is 15.1 Å². The molecule has 1 aromatic carbocycles. The molecule has 0 aromatic heterocycles. The van der Waals surface area contributed by atoms with E-state index in [0.717, 1.165) is 31.4 Å². The topological polar surface area (TPSA) is 52.7 Å². The Morgan fingerprint density at radius 2 is 1.61 bits per heavy atom. The van der Waals surface area contributed by atoms with E-state index in [1.807, 2.05) is 40.1 Å². The number of nitrogens with zero attached hydrogens (tertiary/aromatic N) is 2. The third-order valence-electron chi connectivity index (χ3n) is 4.51. The van der Waals surface area contributed by atoms with Gasteiger partial charge in [0.25, 0.3) is 5.91 Å². The van der Waals surface area contributed by atoms with Crippen molar-refractivity contribution < 1.29 is 9.59 Å². The van der Waals surface area contributed by atoms with Crippen molar-refractivity contribution in [2.45, 2.75) is 25.3 Å². The third kappa shape index (κ3) is 4.24. The zero-order valence-electron chi connectivity index (χ0n) is 13.2. The van der Waals surface area contributed by atoms with Crippen LogP contribution in [0.2, 0.25) is 0 Å². The van der Waals surface area contributed by atoms with Crippen LogP contribution in [0.3, 0.4) is 0 Å². The molecule has 6 heteroatoms. The van der Waals surface area contributed by atoms with Crippen LogP contribution in [0.25, 0.3) is 0 Å². The molecule has 2 saturated heterocycles. The van der Waals surface area contributed by atoms with Crippen LogP contribution < -0.4 is 5.32 Å². The molecule has 126 valence electrons. The molecule has 2 fully saturated rings. The lowest BCUT2D eigenvalue weighted by molar-refractivity contribution is -0.135. The van der Waals surface area contributed by atoms with Crippen molar-refractivity contribution >= 4 is 24.2 Å². The number of halogens is 1. The van der Waals surface area contributed by atoms with Gasteiger partial charge in [0.15, 0.2) is 0 Å². The summed E-state index contributed by atoms with van der Waals surface area (Å²) in [5, 5.41) is 3.30. The first-order valence-corrected chi connectivity index (χ1v) is 8.12. The maximum atomic E-state index is 12.5. The van der Waals surface area contributed by atoms with Crippen LogP contribution in [0.5, 0.6) is 0 Å². The largest absolute Gasteiger partial charge is 0.338 e. The summed E-state index contributed by atoms with van der Waals surface area (Å²) < 4.78 is 0. The Morgan fingerprint density at radius 1 is 0.957 bits per heavy atom. The summed E-state index contributed by atoms with van der Waals surface area (Å²) in [6, 6.07) is 9.32.